The average Bonchev–Trinajstić information content (AvgIpc) is 3.00. The number of amides is 2. The van der Waals surface area contributed by atoms with E-state index in [1.54, 1.807) is 0 Å². The summed E-state index contributed by atoms with van der Waals surface area (Å²) >= 11 is 0. The molecule has 0 spiro atoms. The number of piperidine rings is 2. The lowest BCUT2D eigenvalue weighted by atomic mass is 9.92. The fourth-order valence-electron chi connectivity index (χ4n) is 3.89. The lowest BCUT2D eigenvalue weighted by Crippen LogP contribution is -2.49. The van der Waals surface area contributed by atoms with E-state index in [0.717, 1.165) is 38.3 Å². The van der Waals surface area contributed by atoms with Crippen LogP contribution in [0.2, 0.25) is 0 Å². The first-order chi connectivity index (χ1) is 11.6. The fourth-order valence-corrected chi connectivity index (χ4v) is 3.89. The molecule has 2 fully saturated rings. The highest BCUT2D eigenvalue weighted by Gasteiger charge is 2.33. The number of rotatable bonds is 4. The molecule has 2 aliphatic heterocycles. The van der Waals surface area contributed by atoms with Crippen molar-refractivity contribution in [1.29, 1.82) is 0 Å². The number of carbonyl (C=O) groups excluding carboxylic acids is 2. The Morgan fingerprint density at radius 2 is 2.04 bits per heavy atom. The molecule has 3 rings (SSSR count). The molecular weight excluding hydrogens is 304 g/mol. The second kappa shape index (κ2) is 7.36. The van der Waals surface area contributed by atoms with Gasteiger partial charge in [0.05, 0.1) is 5.92 Å². The molecular formula is C18H28N4O2. The molecule has 1 aromatic rings. The molecule has 1 aromatic heterocycles. The van der Waals surface area contributed by atoms with E-state index in [0.29, 0.717) is 31.8 Å². The van der Waals surface area contributed by atoms with E-state index in [9.17, 15) is 9.59 Å². The van der Waals surface area contributed by atoms with Crippen molar-refractivity contribution in [1.82, 2.24) is 19.4 Å². The van der Waals surface area contributed by atoms with Crippen LogP contribution in [0.1, 0.15) is 38.4 Å². The summed E-state index contributed by atoms with van der Waals surface area (Å²) in [5.41, 5.74) is 0. The minimum atomic E-state index is -0.00454. The molecule has 0 aromatic carbocycles. The minimum absolute atomic E-state index is 0.00454. The maximum atomic E-state index is 12.8. The van der Waals surface area contributed by atoms with E-state index in [-0.39, 0.29) is 17.7 Å². The van der Waals surface area contributed by atoms with Gasteiger partial charge in [0, 0.05) is 51.5 Å². The number of aromatic nitrogens is 2. The summed E-state index contributed by atoms with van der Waals surface area (Å²) in [6, 6.07) is 0. The molecule has 3 heterocycles. The van der Waals surface area contributed by atoms with Gasteiger partial charge in [-0.2, -0.15) is 0 Å². The monoisotopic (exact) mass is 332 g/mol. The SMILES string of the molecule is CCN1C[C@H](C(=O)N2CCC(Cn3ccnc3C)CC2)CCC1=O. The van der Waals surface area contributed by atoms with Gasteiger partial charge in [-0.1, -0.05) is 0 Å². The smallest absolute Gasteiger partial charge is 0.227 e. The third kappa shape index (κ3) is 3.62. The number of imidazole rings is 1. The summed E-state index contributed by atoms with van der Waals surface area (Å²) < 4.78 is 2.20. The van der Waals surface area contributed by atoms with Crippen LogP contribution in [0, 0.1) is 18.8 Å². The van der Waals surface area contributed by atoms with Crippen LogP contribution in [-0.4, -0.2) is 57.3 Å². The predicted molar refractivity (Wildman–Crippen MR) is 91.2 cm³/mol. The van der Waals surface area contributed by atoms with Crippen molar-refractivity contribution in [2.75, 3.05) is 26.2 Å². The molecule has 2 saturated heterocycles. The quantitative estimate of drug-likeness (QED) is 0.843. The molecule has 6 heteroatoms. The third-order valence-electron chi connectivity index (χ3n) is 5.54. The van der Waals surface area contributed by atoms with Crippen molar-refractivity contribution in [3.63, 3.8) is 0 Å². The zero-order chi connectivity index (χ0) is 17.1. The third-order valence-corrected chi connectivity index (χ3v) is 5.54. The van der Waals surface area contributed by atoms with Crippen LogP contribution >= 0.6 is 0 Å². The Bertz CT molecular complexity index is 590. The number of carbonyl (C=O) groups is 2. The zero-order valence-electron chi connectivity index (χ0n) is 14.8. The summed E-state index contributed by atoms with van der Waals surface area (Å²) in [6.45, 7) is 7.99. The summed E-state index contributed by atoms with van der Waals surface area (Å²) in [7, 11) is 0. The minimum Gasteiger partial charge on any atom is -0.342 e. The predicted octanol–water partition coefficient (Wildman–Crippen LogP) is 1.69. The lowest BCUT2D eigenvalue weighted by Gasteiger charge is -2.37. The highest BCUT2D eigenvalue weighted by molar-refractivity contribution is 5.83. The molecule has 0 radical (unpaired) electrons. The van der Waals surface area contributed by atoms with E-state index in [4.69, 9.17) is 0 Å². The molecule has 24 heavy (non-hydrogen) atoms. The van der Waals surface area contributed by atoms with Gasteiger partial charge in [-0.15, -0.1) is 0 Å². The molecule has 2 aliphatic rings. The molecule has 0 saturated carbocycles. The van der Waals surface area contributed by atoms with E-state index < -0.39 is 0 Å². The largest absolute Gasteiger partial charge is 0.342 e. The highest BCUT2D eigenvalue weighted by atomic mass is 16.2. The first-order valence-electron chi connectivity index (χ1n) is 9.12. The fraction of sp³-hybridized carbons (Fsp3) is 0.722. The normalized spacial score (nSPS) is 22.9. The topological polar surface area (TPSA) is 58.4 Å². The van der Waals surface area contributed by atoms with E-state index in [2.05, 4.69) is 9.55 Å². The van der Waals surface area contributed by atoms with Crippen LogP contribution in [0.4, 0.5) is 0 Å². The Hall–Kier alpha value is -1.85. The van der Waals surface area contributed by atoms with Crippen molar-refractivity contribution in [2.24, 2.45) is 11.8 Å². The molecule has 2 amide bonds. The Balaban J connectivity index is 1.50. The standard InChI is InChI=1S/C18H28N4O2/c1-3-20-13-16(4-5-17(20)23)18(24)21-9-6-15(7-10-21)12-22-11-8-19-14(22)2/h8,11,15-16H,3-7,9-10,12-13H2,1-2H3/t16-/m1/s1. The molecule has 0 N–H and O–H groups in total. The van der Waals surface area contributed by atoms with Crippen molar-refractivity contribution in [3.05, 3.63) is 18.2 Å². The van der Waals surface area contributed by atoms with Gasteiger partial charge in [-0.05, 0) is 39.0 Å². The number of aryl methyl sites for hydroxylation is 1. The van der Waals surface area contributed by atoms with Crippen LogP contribution < -0.4 is 0 Å². The first-order valence-corrected chi connectivity index (χ1v) is 9.12. The van der Waals surface area contributed by atoms with Gasteiger partial charge in [-0.3, -0.25) is 9.59 Å². The van der Waals surface area contributed by atoms with E-state index >= 15 is 0 Å². The van der Waals surface area contributed by atoms with Gasteiger partial charge in [0.25, 0.3) is 0 Å². The molecule has 0 aliphatic carbocycles. The van der Waals surface area contributed by atoms with Gasteiger partial charge in [0.1, 0.15) is 5.82 Å². The number of hydrogen-bond acceptors (Lipinski definition) is 3. The summed E-state index contributed by atoms with van der Waals surface area (Å²) in [6.07, 6.45) is 7.20. The van der Waals surface area contributed by atoms with Gasteiger partial charge in [0.2, 0.25) is 11.8 Å². The Labute approximate surface area is 143 Å². The molecule has 0 unspecified atom stereocenters. The number of hydrogen-bond donors (Lipinski definition) is 0. The van der Waals surface area contributed by atoms with Gasteiger partial charge in [0.15, 0.2) is 0 Å². The Morgan fingerprint density at radius 1 is 1.29 bits per heavy atom. The van der Waals surface area contributed by atoms with Crippen molar-refractivity contribution >= 4 is 11.8 Å². The van der Waals surface area contributed by atoms with Crippen LogP contribution in [-0.2, 0) is 16.1 Å². The van der Waals surface area contributed by atoms with Crippen LogP contribution in [0.5, 0.6) is 0 Å². The maximum Gasteiger partial charge on any atom is 0.227 e. The van der Waals surface area contributed by atoms with Gasteiger partial charge in [-0.25, -0.2) is 4.98 Å². The molecule has 132 valence electrons. The van der Waals surface area contributed by atoms with Crippen molar-refractivity contribution in [3.8, 4) is 0 Å². The van der Waals surface area contributed by atoms with E-state index in [1.807, 2.05) is 36.0 Å². The number of nitrogens with zero attached hydrogens (tertiary/aromatic N) is 4. The first kappa shape index (κ1) is 17.0. The zero-order valence-corrected chi connectivity index (χ0v) is 14.8. The van der Waals surface area contributed by atoms with Gasteiger partial charge < -0.3 is 14.4 Å². The maximum absolute atomic E-state index is 12.8. The van der Waals surface area contributed by atoms with Crippen LogP contribution in [0.15, 0.2) is 12.4 Å². The summed E-state index contributed by atoms with van der Waals surface area (Å²) in [5.74, 6) is 2.10. The molecule has 6 nitrogen and oxygen atoms in total. The van der Waals surface area contributed by atoms with E-state index in [1.165, 1.54) is 0 Å². The number of likely N-dealkylation sites (tertiary alicyclic amines) is 2. The van der Waals surface area contributed by atoms with Crippen LogP contribution in [0.3, 0.4) is 0 Å². The Morgan fingerprint density at radius 3 is 2.67 bits per heavy atom. The van der Waals surface area contributed by atoms with Crippen molar-refractivity contribution < 1.29 is 9.59 Å². The molecule has 0 bridgehead atoms. The van der Waals surface area contributed by atoms with Crippen molar-refractivity contribution in [2.45, 2.75) is 46.1 Å². The highest BCUT2D eigenvalue weighted by Crippen LogP contribution is 2.24. The average molecular weight is 332 g/mol. The van der Waals surface area contributed by atoms with Gasteiger partial charge >= 0.3 is 0 Å². The molecule has 1 atom stereocenters. The lowest BCUT2D eigenvalue weighted by molar-refractivity contribution is -0.143. The second-order valence-electron chi connectivity index (χ2n) is 7.06. The summed E-state index contributed by atoms with van der Waals surface area (Å²) in [5, 5.41) is 0. The second-order valence-corrected chi connectivity index (χ2v) is 7.06. The Kier molecular flexibility index (Phi) is 5.21. The summed E-state index contributed by atoms with van der Waals surface area (Å²) in [4.78, 5) is 32.7. The van der Waals surface area contributed by atoms with Crippen LogP contribution in [0.25, 0.3) is 0 Å².